The summed E-state index contributed by atoms with van der Waals surface area (Å²) in [5.74, 6) is 0.711. The van der Waals surface area contributed by atoms with Gasteiger partial charge in [-0.2, -0.15) is 4.98 Å². The first kappa shape index (κ1) is 23.2. The highest BCUT2D eigenvalue weighted by atomic mass is 35.5. The third kappa shape index (κ3) is 5.39. The molecule has 0 atom stereocenters. The predicted octanol–water partition coefficient (Wildman–Crippen LogP) is 5.82. The molecule has 1 aliphatic heterocycles. The van der Waals surface area contributed by atoms with E-state index < -0.39 is 0 Å². The zero-order chi connectivity index (χ0) is 23.5. The molecule has 1 saturated carbocycles. The van der Waals surface area contributed by atoms with E-state index in [9.17, 15) is 4.79 Å². The molecule has 180 valence electrons. The van der Waals surface area contributed by atoms with Crippen LogP contribution >= 0.6 is 11.6 Å². The molecule has 7 heteroatoms. The molecule has 2 aromatic carbocycles. The quantitative estimate of drug-likeness (QED) is 0.461. The number of nitrogens with zero attached hydrogens (tertiary/aromatic N) is 3. The number of hydrogen-bond acceptors (Lipinski definition) is 5. The third-order valence-electron chi connectivity index (χ3n) is 7.29. The van der Waals surface area contributed by atoms with Gasteiger partial charge in [0, 0.05) is 29.7 Å². The maximum Gasteiger partial charge on any atom is 0.295 e. The fraction of sp³-hybridized carbons (Fsp3) is 0.481. The van der Waals surface area contributed by atoms with Gasteiger partial charge in [0.2, 0.25) is 0 Å². The number of carbonyl (C=O) groups is 1. The van der Waals surface area contributed by atoms with Crippen molar-refractivity contribution in [3.63, 3.8) is 0 Å². The molecule has 0 bridgehead atoms. The van der Waals surface area contributed by atoms with Gasteiger partial charge in [0.05, 0.1) is 0 Å². The Kier molecular flexibility index (Phi) is 7.07. The maximum atomic E-state index is 13.7. The lowest BCUT2D eigenvalue weighted by molar-refractivity contribution is 0.0607. The lowest BCUT2D eigenvalue weighted by atomic mass is 9.95. The van der Waals surface area contributed by atoms with Gasteiger partial charge in [0.1, 0.15) is 5.52 Å². The first-order valence-corrected chi connectivity index (χ1v) is 12.8. The number of fused-ring (bicyclic) bond motifs is 1. The van der Waals surface area contributed by atoms with Gasteiger partial charge in [-0.25, -0.2) is 0 Å². The molecule has 2 aliphatic rings. The molecule has 3 aromatic rings. The van der Waals surface area contributed by atoms with E-state index in [0.717, 1.165) is 50.9 Å². The molecule has 6 nitrogen and oxygen atoms in total. The minimum Gasteiger partial charge on any atom is -0.424 e. The number of anilines is 1. The van der Waals surface area contributed by atoms with Crippen molar-refractivity contribution in [1.82, 2.24) is 14.8 Å². The number of hydrogen-bond donors (Lipinski definition) is 1. The van der Waals surface area contributed by atoms with Crippen molar-refractivity contribution in [3.05, 3.63) is 58.6 Å². The normalized spacial score (nSPS) is 17.9. The van der Waals surface area contributed by atoms with Gasteiger partial charge < -0.3 is 19.5 Å². The molecule has 1 aromatic heterocycles. The Labute approximate surface area is 206 Å². The summed E-state index contributed by atoms with van der Waals surface area (Å²) < 4.78 is 5.86. The summed E-state index contributed by atoms with van der Waals surface area (Å²) in [5.41, 5.74) is 3.12. The zero-order valence-corrected chi connectivity index (χ0v) is 20.6. The van der Waals surface area contributed by atoms with Gasteiger partial charge in [0.15, 0.2) is 5.58 Å². The molecule has 1 N–H and O–H groups in total. The first-order valence-electron chi connectivity index (χ1n) is 12.4. The van der Waals surface area contributed by atoms with Crippen LogP contribution in [0.15, 0.2) is 46.9 Å². The molecule has 0 spiro atoms. The van der Waals surface area contributed by atoms with Crippen molar-refractivity contribution < 1.29 is 9.21 Å². The van der Waals surface area contributed by atoms with Crippen molar-refractivity contribution in [2.75, 3.05) is 32.0 Å². The van der Waals surface area contributed by atoms with Crippen molar-refractivity contribution in [3.8, 4) is 0 Å². The van der Waals surface area contributed by atoms with E-state index in [1.165, 1.54) is 12.8 Å². The second kappa shape index (κ2) is 10.4. The molecule has 2 fully saturated rings. The average Bonchev–Trinajstić information content (AvgIpc) is 3.51. The minimum absolute atomic E-state index is 0.129. The number of carbonyl (C=O) groups excluding carboxylic acids is 1. The molecular weight excluding hydrogens is 448 g/mol. The first-order chi connectivity index (χ1) is 16.5. The lowest BCUT2D eigenvalue weighted by Crippen LogP contribution is -2.44. The molecule has 5 rings (SSSR count). The van der Waals surface area contributed by atoms with E-state index in [0.29, 0.717) is 46.2 Å². The Hall–Kier alpha value is -2.57. The molecule has 34 heavy (non-hydrogen) atoms. The molecule has 1 amide bonds. The second-order valence-corrected chi connectivity index (χ2v) is 10.3. The monoisotopic (exact) mass is 480 g/mol. The number of piperidine rings is 1. The van der Waals surface area contributed by atoms with Gasteiger partial charge >= 0.3 is 0 Å². The highest BCUT2D eigenvalue weighted by Crippen LogP contribution is 2.29. The van der Waals surface area contributed by atoms with Crippen molar-refractivity contribution >= 4 is 34.6 Å². The Bertz CT molecular complexity index is 1130. The topological polar surface area (TPSA) is 61.6 Å². The largest absolute Gasteiger partial charge is 0.424 e. The number of benzene rings is 2. The third-order valence-corrected chi connectivity index (χ3v) is 7.52. The summed E-state index contributed by atoms with van der Waals surface area (Å²) in [5, 5.41) is 3.92. The van der Waals surface area contributed by atoms with E-state index in [4.69, 9.17) is 16.0 Å². The van der Waals surface area contributed by atoms with E-state index >= 15 is 0 Å². The molecule has 1 saturated heterocycles. The predicted molar refractivity (Wildman–Crippen MR) is 136 cm³/mol. The maximum absolute atomic E-state index is 13.7. The Balaban J connectivity index is 1.31. The number of amides is 1. The molecule has 2 heterocycles. The van der Waals surface area contributed by atoms with Crippen LogP contribution in [0.4, 0.5) is 6.01 Å². The van der Waals surface area contributed by atoms with Crippen molar-refractivity contribution in [1.29, 1.82) is 0 Å². The Morgan fingerprint density at radius 3 is 2.71 bits per heavy atom. The second-order valence-electron chi connectivity index (χ2n) is 9.83. The highest BCUT2D eigenvalue weighted by molar-refractivity contribution is 6.30. The van der Waals surface area contributed by atoms with Crippen LogP contribution in [0.1, 0.15) is 54.4 Å². The van der Waals surface area contributed by atoms with Gasteiger partial charge in [-0.3, -0.25) is 4.79 Å². The van der Waals surface area contributed by atoms with Crippen molar-refractivity contribution in [2.24, 2.45) is 5.92 Å². The summed E-state index contributed by atoms with van der Waals surface area (Å²) in [6, 6.07) is 14.1. The van der Waals surface area contributed by atoms with E-state index in [1.54, 1.807) is 0 Å². The number of likely N-dealkylation sites (tertiary alicyclic amines) is 1. The Morgan fingerprint density at radius 1 is 1.15 bits per heavy atom. The fourth-order valence-corrected chi connectivity index (χ4v) is 5.48. The number of halogens is 1. The van der Waals surface area contributed by atoms with Crippen molar-refractivity contribution in [2.45, 2.75) is 51.1 Å². The standard InChI is InChI=1S/C27H33ClN4O2/c1-31-13-11-19(12-14-31)18-32(23-7-2-3-8-23)26(33)21-9-10-25-24(16-21)30-27(34-25)29-17-20-5-4-6-22(28)15-20/h4-6,9-10,15-16,19,23H,2-3,7-8,11-14,17-18H2,1H3,(H,29,30). The number of aromatic nitrogens is 1. The van der Waals surface area contributed by atoms with Crippen LogP contribution in [-0.2, 0) is 6.54 Å². The van der Waals surface area contributed by atoms with Gasteiger partial charge in [0.25, 0.3) is 11.9 Å². The van der Waals surface area contributed by atoms with Crippen LogP contribution in [0.3, 0.4) is 0 Å². The van der Waals surface area contributed by atoms with Crippen LogP contribution in [-0.4, -0.2) is 53.4 Å². The molecule has 0 radical (unpaired) electrons. The number of nitrogens with one attached hydrogen (secondary N) is 1. The van der Waals surface area contributed by atoms with Crippen LogP contribution in [0.5, 0.6) is 0 Å². The summed E-state index contributed by atoms with van der Waals surface area (Å²) in [4.78, 5) is 22.8. The Morgan fingerprint density at radius 2 is 1.94 bits per heavy atom. The number of rotatable bonds is 7. The van der Waals surface area contributed by atoms with Crippen LogP contribution in [0, 0.1) is 5.92 Å². The van der Waals surface area contributed by atoms with E-state index in [-0.39, 0.29) is 5.91 Å². The molecule has 1 aliphatic carbocycles. The summed E-state index contributed by atoms with van der Waals surface area (Å²) >= 11 is 6.07. The highest BCUT2D eigenvalue weighted by Gasteiger charge is 2.30. The van der Waals surface area contributed by atoms with Gasteiger partial charge in [-0.15, -0.1) is 0 Å². The zero-order valence-electron chi connectivity index (χ0n) is 19.8. The van der Waals surface area contributed by atoms with Gasteiger partial charge in [-0.05, 0) is 87.6 Å². The molecular formula is C27H33ClN4O2. The molecule has 0 unspecified atom stereocenters. The smallest absolute Gasteiger partial charge is 0.295 e. The minimum atomic E-state index is 0.129. The van der Waals surface area contributed by atoms with Crippen LogP contribution in [0.2, 0.25) is 5.02 Å². The SMILES string of the molecule is CN1CCC(CN(C(=O)c2ccc3oc(NCc4cccc(Cl)c4)nc3c2)C2CCCC2)CC1. The summed E-state index contributed by atoms with van der Waals surface area (Å²) in [6.07, 6.45) is 6.98. The fourth-order valence-electron chi connectivity index (χ4n) is 5.26. The number of oxazole rings is 1. The van der Waals surface area contributed by atoms with Gasteiger partial charge in [-0.1, -0.05) is 36.6 Å². The summed E-state index contributed by atoms with van der Waals surface area (Å²) in [7, 11) is 2.18. The summed E-state index contributed by atoms with van der Waals surface area (Å²) in [6.45, 7) is 3.66. The lowest BCUT2D eigenvalue weighted by Gasteiger charge is -2.36. The van der Waals surface area contributed by atoms with E-state index in [2.05, 4.69) is 27.1 Å². The van der Waals surface area contributed by atoms with Crippen LogP contribution in [0.25, 0.3) is 11.1 Å². The van der Waals surface area contributed by atoms with E-state index in [1.807, 2.05) is 42.5 Å². The average molecular weight is 481 g/mol. The van der Waals surface area contributed by atoms with Crippen LogP contribution < -0.4 is 5.32 Å².